The zero-order valence-corrected chi connectivity index (χ0v) is 17.7. The molecule has 0 fully saturated rings. The Morgan fingerprint density at radius 3 is 2.29 bits per heavy atom. The summed E-state index contributed by atoms with van der Waals surface area (Å²) in [5.74, 6) is 1.72. The first kappa shape index (κ1) is 20.3. The number of benzene rings is 2. The van der Waals surface area contributed by atoms with E-state index in [9.17, 15) is 4.39 Å². The third-order valence-electron chi connectivity index (χ3n) is 4.43. The van der Waals surface area contributed by atoms with E-state index in [-0.39, 0.29) is 11.2 Å². The van der Waals surface area contributed by atoms with Crippen molar-refractivity contribution >= 4 is 11.8 Å². The molecule has 0 aliphatic rings. The third-order valence-corrected chi connectivity index (χ3v) is 5.35. The van der Waals surface area contributed by atoms with E-state index in [1.165, 1.54) is 35.0 Å². The van der Waals surface area contributed by atoms with E-state index < -0.39 is 0 Å². The molecule has 1 aromatic heterocycles. The fourth-order valence-electron chi connectivity index (χ4n) is 2.53. The molecule has 146 valence electrons. The second-order valence-electron chi connectivity index (χ2n) is 7.89. The van der Waals surface area contributed by atoms with Gasteiger partial charge in [0.2, 0.25) is 5.88 Å². The molecular formula is C23H25FN2OS. The van der Waals surface area contributed by atoms with E-state index in [1.54, 1.807) is 12.1 Å². The molecule has 0 aliphatic carbocycles. The number of ether oxygens (including phenoxy) is 1. The first-order valence-corrected chi connectivity index (χ1v) is 10.2. The lowest BCUT2D eigenvalue weighted by atomic mass is 9.92. The maximum atomic E-state index is 13.1. The number of thioether (sulfide) groups is 1. The number of halogens is 1. The van der Waals surface area contributed by atoms with Crippen LogP contribution in [0.25, 0.3) is 0 Å². The van der Waals surface area contributed by atoms with Crippen molar-refractivity contribution in [1.82, 2.24) is 9.97 Å². The highest BCUT2D eigenvalue weighted by atomic mass is 32.2. The Balaban J connectivity index is 1.85. The van der Waals surface area contributed by atoms with Crippen molar-refractivity contribution in [3.63, 3.8) is 0 Å². The molecule has 0 saturated heterocycles. The van der Waals surface area contributed by atoms with E-state index in [0.29, 0.717) is 16.8 Å². The van der Waals surface area contributed by atoms with Crippen LogP contribution in [0.5, 0.6) is 11.6 Å². The highest BCUT2D eigenvalue weighted by Crippen LogP contribution is 2.30. The van der Waals surface area contributed by atoms with Crippen LogP contribution in [0.3, 0.4) is 0 Å². The molecule has 5 heteroatoms. The van der Waals surface area contributed by atoms with Gasteiger partial charge in [-0.2, -0.15) is 4.98 Å². The molecule has 0 atom stereocenters. The number of hydrogen-bond donors (Lipinski definition) is 0. The minimum atomic E-state index is -0.233. The quantitative estimate of drug-likeness (QED) is 0.359. The Morgan fingerprint density at radius 2 is 1.64 bits per heavy atom. The summed E-state index contributed by atoms with van der Waals surface area (Å²) in [5.41, 5.74) is 4.21. The van der Waals surface area contributed by atoms with Crippen molar-refractivity contribution in [3.8, 4) is 11.6 Å². The molecule has 0 bridgehead atoms. The molecule has 0 radical (unpaired) electrons. The van der Waals surface area contributed by atoms with Crippen LogP contribution in [0.1, 0.15) is 43.2 Å². The van der Waals surface area contributed by atoms with Crippen molar-refractivity contribution in [2.45, 2.75) is 50.9 Å². The highest BCUT2D eigenvalue weighted by molar-refractivity contribution is 7.98. The van der Waals surface area contributed by atoms with Gasteiger partial charge in [-0.15, -0.1) is 0 Å². The zero-order valence-electron chi connectivity index (χ0n) is 16.9. The lowest BCUT2D eigenvalue weighted by molar-refractivity contribution is 0.446. The fraction of sp³-hybridized carbons (Fsp3) is 0.304. The number of rotatable bonds is 5. The van der Waals surface area contributed by atoms with Crippen molar-refractivity contribution < 1.29 is 9.13 Å². The summed E-state index contributed by atoms with van der Waals surface area (Å²) in [5, 5.41) is 0.649. The van der Waals surface area contributed by atoms with Gasteiger partial charge in [0.05, 0.1) is 5.69 Å². The predicted octanol–water partition coefficient (Wildman–Crippen LogP) is 6.61. The van der Waals surface area contributed by atoms with E-state index in [1.807, 2.05) is 24.3 Å². The molecule has 2 aromatic carbocycles. The molecule has 0 aliphatic heterocycles. The predicted molar refractivity (Wildman–Crippen MR) is 113 cm³/mol. The smallest absolute Gasteiger partial charge is 0.223 e. The van der Waals surface area contributed by atoms with Crippen molar-refractivity contribution in [3.05, 3.63) is 76.7 Å². The number of nitrogens with zero attached hydrogens (tertiary/aromatic N) is 2. The van der Waals surface area contributed by atoms with E-state index >= 15 is 0 Å². The molecule has 3 rings (SSSR count). The number of aryl methyl sites for hydroxylation is 2. The first-order valence-electron chi connectivity index (χ1n) is 9.22. The Bertz CT molecular complexity index is 965. The highest BCUT2D eigenvalue weighted by Gasteiger charge is 2.19. The molecule has 3 nitrogen and oxygen atoms in total. The van der Waals surface area contributed by atoms with Gasteiger partial charge in [-0.1, -0.05) is 50.7 Å². The van der Waals surface area contributed by atoms with Gasteiger partial charge in [0.15, 0.2) is 5.16 Å². The fourth-order valence-corrected chi connectivity index (χ4v) is 3.34. The monoisotopic (exact) mass is 396 g/mol. The molecule has 0 saturated carbocycles. The molecule has 3 aromatic rings. The molecule has 0 N–H and O–H groups in total. The average molecular weight is 397 g/mol. The van der Waals surface area contributed by atoms with Crippen LogP contribution in [0.2, 0.25) is 0 Å². The summed E-state index contributed by atoms with van der Waals surface area (Å²) in [7, 11) is 0. The molecule has 1 heterocycles. The normalized spacial score (nSPS) is 11.5. The van der Waals surface area contributed by atoms with Gasteiger partial charge in [-0.25, -0.2) is 9.37 Å². The van der Waals surface area contributed by atoms with Crippen LogP contribution in [-0.4, -0.2) is 9.97 Å². The average Bonchev–Trinajstić information content (AvgIpc) is 2.63. The minimum Gasteiger partial charge on any atom is -0.439 e. The van der Waals surface area contributed by atoms with Gasteiger partial charge in [-0.3, -0.25) is 0 Å². The topological polar surface area (TPSA) is 35.0 Å². The number of hydrogen-bond acceptors (Lipinski definition) is 4. The van der Waals surface area contributed by atoms with E-state index in [0.717, 1.165) is 17.0 Å². The Kier molecular flexibility index (Phi) is 6.04. The first-order chi connectivity index (χ1) is 13.2. The van der Waals surface area contributed by atoms with Crippen LogP contribution < -0.4 is 4.74 Å². The van der Waals surface area contributed by atoms with Crippen LogP contribution >= 0.6 is 11.8 Å². The SMILES string of the molecule is Cc1ccc(Oc2cc(C(C)(C)C)nc(SCc3ccc(F)cc3)n2)cc1C. The summed E-state index contributed by atoms with van der Waals surface area (Å²) in [6, 6.07) is 14.4. The standard InChI is InChI=1S/C23H25FN2OS/c1-15-6-11-19(12-16(15)2)27-21-13-20(23(3,4)5)25-22(26-21)28-14-17-7-9-18(24)10-8-17/h6-13H,14H2,1-5H3. The summed E-state index contributed by atoms with van der Waals surface area (Å²) in [6.45, 7) is 10.5. The van der Waals surface area contributed by atoms with Gasteiger partial charge in [0.1, 0.15) is 11.6 Å². The molecule has 28 heavy (non-hydrogen) atoms. The molecule has 0 spiro atoms. The van der Waals surface area contributed by atoms with Crippen molar-refractivity contribution in [2.24, 2.45) is 0 Å². The van der Waals surface area contributed by atoms with Crippen LogP contribution in [0, 0.1) is 19.7 Å². The molecule has 0 amide bonds. The van der Waals surface area contributed by atoms with E-state index in [4.69, 9.17) is 9.72 Å². The second kappa shape index (κ2) is 8.31. The van der Waals surface area contributed by atoms with Crippen LogP contribution in [-0.2, 0) is 11.2 Å². The lowest BCUT2D eigenvalue weighted by Crippen LogP contribution is -2.14. The summed E-state index contributed by atoms with van der Waals surface area (Å²) in [4.78, 5) is 9.29. The van der Waals surface area contributed by atoms with E-state index in [2.05, 4.69) is 39.6 Å². The van der Waals surface area contributed by atoms with Gasteiger partial charge >= 0.3 is 0 Å². The minimum absolute atomic E-state index is 0.130. The number of aromatic nitrogens is 2. The van der Waals surface area contributed by atoms with Crippen LogP contribution in [0.15, 0.2) is 53.7 Å². The zero-order chi connectivity index (χ0) is 20.3. The molecule has 0 unspecified atom stereocenters. The summed E-state index contributed by atoms with van der Waals surface area (Å²) >= 11 is 1.52. The second-order valence-corrected chi connectivity index (χ2v) is 8.83. The maximum Gasteiger partial charge on any atom is 0.223 e. The molecular weight excluding hydrogens is 371 g/mol. The van der Waals surface area contributed by atoms with Gasteiger partial charge < -0.3 is 4.74 Å². The summed E-state index contributed by atoms with van der Waals surface area (Å²) < 4.78 is 19.1. The largest absolute Gasteiger partial charge is 0.439 e. The van der Waals surface area contributed by atoms with Gasteiger partial charge in [-0.05, 0) is 54.8 Å². The van der Waals surface area contributed by atoms with Crippen LogP contribution in [0.4, 0.5) is 4.39 Å². The van der Waals surface area contributed by atoms with Crippen molar-refractivity contribution in [2.75, 3.05) is 0 Å². The Labute approximate surface area is 170 Å². The van der Waals surface area contributed by atoms with Crippen molar-refractivity contribution in [1.29, 1.82) is 0 Å². The Morgan fingerprint density at radius 1 is 0.929 bits per heavy atom. The van der Waals surface area contributed by atoms with Gasteiger partial charge in [0, 0.05) is 17.2 Å². The Hall–Kier alpha value is -2.40. The summed E-state index contributed by atoms with van der Waals surface area (Å²) in [6.07, 6.45) is 0. The lowest BCUT2D eigenvalue weighted by Gasteiger charge is -2.19. The maximum absolute atomic E-state index is 13.1. The van der Waals surface area contributed by atoms with Gasteiger partial charge in [0.25, 0.3) is 0 Å². The third kappa shape index (κ3) is 5.32.